The van der Waals surface area contributed by atoms with Gasteiger partial charge in [0.1, 0.15) is 12.6 Å². The number of benzene rings is 1. The monoisotopic (exact) mass is 431 g/mol. The molecule has 1 N–H and O–H groups in total. The van der Waals surface area contributed by atoms with Gasteiger partial charge in [-0.05, 0) is 31.0 Å². The molecule has 1 amide bonds. The molecule has 0 saturated carbocycles. The highest BCUT2D eigenvalue weighted by atomic mass is 16.5. The third-order valence-corrected chi connectivity index (χ3v) is 5.80. The average molecular weight is 432 g/mol. The molecule has 0 spiro atoms. The van der Waals surface area contributed by atoms with Gasteiger partial charge in [0.25, 0.3) is 0 Å². The number of rotatable bonds is 7. The van der Waals surface area contributed by atoms with Gasteiger partial charge in [0.15, 0.2) is 5.96 Å². The normalized spacial score (nSPS) is 20.5. The summed E-state index contributed by atoms with van der Waals surface area (Å²) >= 11 is 0. The van der Waals surface area contributed by atoms with Crippen molar-refractivity contribution in [2.75, 3.05) is 79.7 Å². The molecule has 0 bridgehead atoms. The Morgan fingerprint density at radius 3 is 2.71 bits per heavy atom. The highest BCUT2D eigenvalue weighted by Gasteiger charge is 2.25. The SMILES string of the molecule is Cc1ccccc1C1CN(C(=NCC(=O)N(C)C)NCCCN2CCOCC2)CCO1. The van der Waals surface area contributed by atoms with E-state index in [1.807, 2.05) is 0 Å². The first-order chi connectivity index (χ1) is 15.0. The predicted molar refractivity (Wildman–Crippen MR) is 122 cm³/mol. The fourth-order valence-electron chi connectivity index (χ4n) is 3.86. The molecule has 1 aromatic carbocycles. The fourth-order valence-corrected chi connectivity index (χ4v) is 3.86. The third-order valence-electron chi connectivity index (χ3n) is 5.80. The highest BCUT2D eigenvalue weighted by molar-refractivity contribution is 5.85. The lowest BCUT2D eigenvalue weighted by Gasteiger charge is -2.36. The minimum Gasteiger partial charge on any atom is -0.379 e. The predicted octanol–water partition coefficient (Wildman–Crippen LogP) is 1.12. The van der Waals surface area contributed by atoms with E-state index in [9.17, 15) is 4.79 Å². The lowest BCUT2D eigenvalue weighted by atomic mass is 10.0. The van der Waals surface area contributed by atoms with E-state index in [1.54, 1.807) is 19.0 Å². The summed E-state index contributed by atoms with van der Waals surface area (Å²) < 4.78 is 11.5. The summed E-state index contributed by atoms with van der Waals surface area (Å²) in [7, 11) is 3.52. The molecule has 2 aliphatic rings. The number of aliphatic imine (C=N–C) groups is 1. The fraction of sp³-hybridized carbons (Fsp3) is 0.652. The highest BCUT2D eigenvalue weighted by Crippen LogP contribution is 2.25. The maximum absolute atomic E-state index is 12.1. The van der Waals surface area contributed by atoms with Gasteiger partial charge in [-0.1, -0.05) is 24.3 Å². The molecule has 0 aliphatic carbocycles. The molecule has 3 rings (SSSR count). The van der Waals surface area contributed by atoms with Gasteiger partial charge >= 0.3 is 0 Å². The lowest BCUT2D eigenvalue weighted by molar-refractivity contribution is -0.127. The molecular weight excluding hydrogens is 394 g/mol. The minimum absolute atomic E-state index is 0.000139. The van der Waals surface area contributed by atoms with Gasteiger partial charge in [-0.25, -0.2) is 4.99 Å². The van der Waals surface area contributed by atoms with Crippen molar-refractivity contribution in [1.82, 2.24) is 20.0 Å². The van der Waals surface area contributed by atoms with Gasteiger partial charge in [0.2, 0.25) is 5.91 Å². The van der Waals surface area contributed by atoms with E-state index in [1.165, 1.54) is 11.1 Å². The number of likely N-dealkylation sites (N-methyl/N-ethyl adjacent to an activating group) is 1. The zero-order valence-corrected chi connectivity index (χ0v) is 19.2. The molecule has 0 radical (unpaired) electrons. The molecule has 2 aliphatic heterocycles. The number of carbonyl (C=O) groups is 1. The maximum atomic E-state index is 12.1. The van der Waals surface area contributed by atoms with Crippen molar-refractivity contribution in [3.63, 3.8) is 0 Å². The standard InChI is InChI=1S/C23H37N5O3/c1-19-7-4-5-8-20(19)21-18-28(13-16-31-21)23(25-17-22(29)26(2)3)24-9-6-10-27-11-14-30-15-12-27/h4-5,7-8,21H,6,9-18H2,1-3H3,(H,24,25). The smallest absolute Gasteiger partial charge is 0.243 e. The van der Waals surface area contributed by atoms with E-state index >= 15 is 0 Å². The second-order valence-corrected chi connectivity index (χ2v) is 8.32. The van der Waals surface area contributed by atoms with Crippen molar-refractivity contribution in [3.05, 3.63) is 35.4 Å². The summed E-state index contributed by atoms with van der Waals surface area (Å²) in [4.78, 5) is 23.0. The first-order valence-electron chi connectivity index (χ1n) is 11.2. The zero-order chi connectivity index (χ0) is 22.1. The quantitative estimate of drug-likeness (QED) is 0.397. The maximum Gasteiger partial charge on any atom is 0.243 e. The summed E-state index contributed by atoms with van der Waals surface area (Å²) in [5.41, 5.74) is 2.44. The molecule has 2 heterocycles. The van der Waals surface area contributed by atoms with Crippen LogP contribution in [0.4, 0.5) is 0 Å². The van der Waals surface area contributed by atoms with Crippen LogP contribution in [-0.4, -0.2) is 106 Å². The van der Waals surface area contributed by atoms with E-state index in [0.717, 1.165) is 64.9 Å². The molecule has 2 fully saturated rings. The van der Waals surface area contributed by atoms with Crippen molar-refractivity contribution in [3.8, 4) is 0 Å². The summed E-state index contributed by atoms with van der Waals surface area (Å²) in [6.07, 6.45) is 1.02. The third kappa shape index (κ3) is 7.19. The van der Waals surface area contributed by atoms with Crippen LogP contribution in [0.5, 0.6) is 0 Å². The Bertz CT molecular complexity index is 734. The molecule has 172 valence electrons. The second-order valence-electron chi connectivity index (χ2n) is 8.32. The summed E-state index contributed by atoms with van der Waals surface area (Å²) in [6, 6.07) is 8.35. The van der Waals surface area contributed by atoms with Gasteiger partial charge in [-0.3, -0.25) is 9.69 Å². The van der Waals surface area contributed by atoms with Crippen LogP contribution in [0.15, 0.2) is 29.3 Å². The van der Waals surface area contributed by atoms with E-state index < -0.39 is 0 Å². The van der Waals surface area contributed by atoms with Crippen LogP contribution in [0, 0.1) is 6.92 Å². The van der Waals surface area contributed by atoms with Crippen LogP contribution in [0.3, 0.4) is 0 Å². The zero-order valence-electron chi connectivity index (χ0n) is 19.2. The van der Waals surface area contributed by atoms with E-state index in [2.05, 4.69) is 51.3 Å². The molecule has 1 atom stereocenters. The number of hydrogen-bond donors (Lipinski definition) is 1. The molecule has 2 saturated heterocycles. The number of nitrogens with one attached hydrogen (secondary N) is 1. The van der Waals surface area contributed by atoms with E-state index in [-0.39, 0.29) is 18.6 Å². The topological polar surface area (TPSA) is 69.6 Å². The molecular formula is C23H37N5O3. The Kier molecular flexibility index (Phi) is 9.12. The van der Waals surface area contributed by atoms with Gasteiger partial charge in [-0.2, -0.15) is 0 Å². The molecule has 8 nitrogen and oxygen atoms in total. The first kappa shape index (κ1) is 23.5. The van der Waals surface area contributed by atoms with Crippen LogP contribution in [0.1, 0.15) is 23.7 Å². The number of nitrogens with zero attached hydrogens (tertiary/aromatic N) is 4. The van der Waals surface area contributed by atoms with Gasteiger partial charge in [-0.15, -0.1) is 0 Å². The Hall–Kier alpha value is -2.16. The summed E-state index contributed by atoms with van der Waals surface area (Å²) in [5.74, 6) is 0.787. The minimum atomic E-state index is -0.00340. The average Bonchev–Trinajstić information content (AvgIpc) is 2.79. The number of ether oxygens (including phenoxy) is 2. The van der Waals surface area contributed by atoms with Gasteiger partial charge in [0, 0.05) is 40.3 Å². The summed E-state index contributed by atoms with van der Waals surface area (Å²) in [6.45, 7) is 9.87. The largest absolute Gasteiger partial charge is 0.379 e. The number of carbonyl (C=O) groups excluding carboxylic acids is 1. The Morgan fingerprint density at radius 2 is 1.97 bits per heavy atom. The van der Waals surface area contributed by atoms with Crippen molar-refractivity contribution in [1.29, 1.82) is 0 Å². The molecule has 1 aromatic rings. The van der Waals surface area contributed by atoms with Crippen molar-refractivity contribution in [2.24, 2.45) is 4.99 Å². The summed E-state index contributed by atoms with van der Waals surface area (Å²) in [5, 5.41) is 3.50. The van der Waals surface area contributed by atoms with Crippen molar-refractivity contribution < 1.29 is 14.3 Å². The number of amides is 1. The number of aryl methyl sites for hydroxylation is 1. The van der Waals surface area contributed by atoms with Crippen LogP contribution < -0.4 is 5.32 Å². The Morgan fingerprint density at radius 1 is 1.19 bits per heavy atom. The van der Waals surface area contributed by atoms with E-state index in [4.69, 9.17) is 9.47 Å². The number of hydrogen-bond acceptors (Lipinski definition) is 5. The van der Waals surface area contributed by atoms with Crippen molar-refractivity contribution in [2.45, 2.75) is 19.4 Å². The van der Waals surface area contributed by atoms with Crippen LogP contribution in [0.25, 0.3) is 0 Å². The molecule has 31 heavy (non-hydrogen) atoms. The van der Waals surface area contributed by atoms with E-state index in [0.29, 0.717) is 6.61 Å². The van der Waals surface area contributed by atoms with Gasteiger partial charge in [0.05, 0.1) is 26.4 Å². The molecule has 1 unspecified atom stereocenters. The van der Waals surface area contributed by atoms with Crippen molar-refractivity contribution >= 4 is 11.9 Å². The second kappa shape index (κ2) is 12.0. The lowest BCUT2D eigenvalue weighted by Crippen LogP contribution is -2.49. The van der Waals surface area contributed by atoms with Crippen LogP contribution in [-0.2, 0) is 14.3 Å². The van der Waals surface area contributed by atoms with Crippen LogP contribution >= 0.6 is 0 Å². The first-order valence-corrected chi connectivity index (χ1v) is 11.2. The number of morpholine rings is 2. The van der Waals surface area contributed by atoms with Gasteiger partial charge < -0.3 is 24.6 Å². The Labute approximate surface area is 186 Å². The molecule has 0 aromatic heterocycles. The number of guanidine groups is 1. The molecule has 8 heteroatoms. The Balaban J connectivity index is 1.61. The van der Waals surface area contributed by atoms with Crippen LogP contribution in [0.2, 0.25) is 0 Å².